The zero-order valence-electron chi connectivity index (χ0n) is 26.4. The van der Waals surface area contributed by atoms with Crippen molar-refractivity contribution < 1.29 is 40.9 Å². The highest BCUT2D eigenvalue weighted by atomic mass is 79.9. The number of ether oxygens (including phenoxy) is 2. The van der Waals surface area contributed by atoms with Gasteiger partial charge in [0, 0.05) is 16.5 Å². The van der Waals surface area contributed by atoms with E-state index in [9.17, 15) is 31.4 Å². The number of benzene rings is 4. The lowest BCUT2D eigenvalue weighted by Crippen LogP contribution is -2.06. The van der Waals surface area contributed by atoms with Gasteiger partial charge >= 0.3 is 12.4 Å². The molecule has 0 bridgehead atoms. The van der Waals surface area contributed by atoms with Crippen LogP contribution in [0.1, 0.15) is 72.9 Å². The fourth-order valence-corrected chi connectivity index (χ4v) is 5.36. The standard InChI is InChI=1S/C18H18BrF3O.C18H19F3O2/c1-11(2)12-4-7-17(23-3)16(9-12)15-6-5-14(18(20,21)22)8-13(15)10-19;1-11(2)12-4-7-17(23-3)16(9-12)15-6-5-14(18(19,20)21)8-13(15)10-22/h4-9,11H,10H2,1-3H3;4-9,11,22H,10H2,1-3H3. The SMILES string of the molecule is COc1ccc(C(C)C)cc1-c1ccc(C(F)(F)F)cc1CBr.COc1ccc(C(C)C)cc1-c1ccc(C(F)(F)F)cc1CO. The van der Waals surface area contributed by atoms with E-state index in [2.05, 4.69) is 29.8 Å². The molecule has 0 aliphatic heterocycles. The first-order chi connectivity index (χ1) is 21.5. The first kappa shape index (κ1) is 37.0. The molecule has 0 heterocycles. The maximum absolute atomic E-state index is 12.9. The van der Waals surface area contributed by atoms with Gasteiger partial charge in [-0.2, -0.15) is 26.3 Å². The van der Waals surface area contributed by atoms with Crippen molar-refractivity contribution in [3.05, 3.63) is 106 Å². The molecule has 0 spiro atoms. The molecular formula is C36H37BrF6O3. The Morgan fingerprint density at radius 1 is 0.587 bits per heavy atom. The summed E-state index contributed by atoms with van der Waals surface area (Å²) in [5.74, 6) is 1.80. The first-order valence-electron chi connectivity index (χ1n) is 14.5. The molecule has 10 heteroatoms. The van der Waals surface area contributed by atoms with E-state index in [-0.39, 0.29) is 11.5 Å². The summed E-state index contributed by atoms with van der Waals surface area (Å²) < 4.78 is 88.0. The summed E-state index contributed by atoms with van der Waals surface area (Å²) in [6.07, 6.45) is -8.79. The number of aliphatic hydroxyl groups excluding tert-OH is 1. The number of methoxy groups -OCH3 is 2. The largest absolute Gasteiger partial charge is 0.496 e. The highest BCUT2D eigenvalue weighted by Crippen LogP contribution is 2.40. The van der Waals surface area contributed by atoms with Crippen LogP contribution in [0.5, 0.6) is 11.5 Å². The third-order valence-corrected chi connectivity index (χ3v) is 8.14. The maximum atomic E-state index is 12.9. The lowest BCUT2D eigenvalue weighted by molar-refractivity contribution is -0.138. The lowest BCUT2D eigenvalue weighted by atomic mass is 9.93. The van der Waals surface area contributed by atoms with Crippen molar-refractivity contribution in [2.45, 2.75) is 63.8 Å². The van der Waals surface area contributed by atoms with Crippen LogP contribution in [0.3, 0.4) is 0 Å². The van der Waals surface area contributed by atoms with Gasteiger partial charge in [-0.3, -0.25) is 0 Å². The highest BCUT2D eigenvalue weighted by Gasteiger charge is 2.32. The second-order valence-corrected chi connectivity index (χ2v) is 11.8. The maximum Gasteiger partial charge on any atom is 0.416 e. The molecule has 0 saturated carbocycles. The molecule has 46 heavy (non-hydrogen) atoms. The van der Waals surface area contributed by atoms with Crippen LogP contribution in [0.4, 0.5) is 26.3 Å². The molecule has 1 N–H and O–H groups in total. The van der Waals surface area contributed by atoms with E-state index >= 15 is 0 Å². The molecular weight excluding hydrogens is 674 g/mol. The third kappa shape index (κ3) is 8.85. The van der Waals surface area contributed by atoms with Gasteiger partial charge in [0.25, 0.3) is 0 Å². The second kappa shape index (κ2) is 15.4. The molecule has 0 amide bonds. The van der Waals surface area contributed by atoms with Crippen molar-refractivity contribution in [2.75, 3.05) is 14.2 Å². The zero-order valence-corrected chi connectivity index (χ0v) is 28.0. The normalized spacial score (nSPS) is 11.8. The summed E-state index contributed by atoms with van der Waals surface area (Å²) in [7, 11) is 3.07. The molecule has 0 fully saturated rings. The Morgan fingerprint density at radius 3 is 1.30 bits per heavy atom. The molecule has 0 radical (unpaired) electrons. The van der Waals surface area contributed by atoms with Crippen LogP contribution in [0.2, 0.25) is 0 Å². The Kier molecular flexibility index (Phi) is 12.4. The van der Waals surface area contributed by atoms with Gasteiger partial charge in [0.2, 0.25) is 0 Å². The first-order valence-corrected chi connectivity index (χ1v) is 15.6. The molecule has 4 aromatic carbocycles. The van der Waals surface area contributed by atoms with Gasteiger partial charge < -0.3 is 14.6 Å². The van der Waals surface area contributed by atoms with Gasteiger partial charge in [0.05, 0.1) is 32.0 Å². The van der Waals surface area contributed by atoms with Crippen LogP contribution in [0, 0.1) is 0 Å². The van der Waals surface area contributed by atoms with E-state index < -0.39 is 30.1 Å². The Bertz CT molecular complexity index is 1510. The molecule has 4 rings (SSSR count). The number of alkyl halides is 7. The fraction of sp³-hybridized carbons (Fsp3) is 0.333. The number of hydrogen-bond donors (Lipinski definition) is 1. The molecule has 0 aliphatic rings. The third-order valence-electron chi connectivity index (χ3n) is 7.54. The van der Waals surface area contributed by atoms with Crippen molar-refractivity contribution in [1.29, 1.82) is 0 Å². The summed E-state index contributed by atoms with van der Waals surface area (Å²) in [6.45, 7) is 7.73. The molecule has 0 unspecified atom stereocenters. The molecule has 0 atom stereocenters. The van der Waals surface area contributed by atoms with Gasteiger partial charge in [-0.25, -0.2) is 0 Å². The van der Waals surface area contributed by atoms with Crippen molar-refractivity contribution >= 4 is 15.9 Å². The average Bonchev–Trinajstić information content (AvgIpc) is 3.02. The van der Waals surface area contributed by atoms with Crippen molar-refractivity contribution in [2.24, 2.45) is 0 Å². The Balaban J connectivity index is 0.000000250. The van der Waals surface area contributed by atoms with Crippen LogP contribution < -0.4 is 9.47 Å². The van der Waals surface area contributed by atoms with Gasteiger partial charge in [-0.05, 0) is 93.7 Å². The summed E-state index contributed by atoms with van der Waals surface area (Å²) in [5, 5.41) is 9.84. The monoisotopic (exact) mass is 710 g/mol. The molecule has 0 saturated heterocycles. The van der Waals surface area contributed by atoms with Gasteiger partial charge in [0.15, 0.2) is 0 Å². The van der Waals surface area contributed by atoms with Gasteiger partial charge in [0.1, 0.15) is 11.5 Å². The number of aliphatic hydroxyl groups is 1. The molecule has 4 aromatic rings. The molecule has 3 nitrogen and oxygen atoms in total. The summed E-state index contributed by atoms with van der Waals surface area (Å²) in [4.78, 5) is 0. The quantitative estimate of drug-likeness (QED) is 0.146. The van der Waals surface area contributed by atoms with E-state index in [0.717, 1.165) is 40.5 Å². The molecule has 0 aliphatic carbocycles. The van der Waals surface area contributed by atoms with Crippen LogP contribution in [0.15, 0.2) is 72.8 Å². The molecule has 0 aromatic heterocycles. The number of halogens is 7. The number of rotatable bonds is 8. The fourth-order valence-electron chi connectivity index (χ4n) is 4.90. The summed E-state index contributed by atoms with van der Waals surface area (Å²) in [5.41, 5.74) is 4.32. The van der Waals surface area contributed by atoms with E-state index in [0.29, 0.717) is 39.4 Å². The van der Waals surface area contributed by atoms with Crippen molar-refractivity contribution in [3.63, 3.8) is 0 Å². The average molecular weight is 712 g/mol. The van der Waals surface area contributed by atoms with Gasteiger partial charge in [-0.1, -0.05) is 67.9 Å². The van der Waals surface area contributed by atoms with E-state index in [1.54, 1.807) is 13.2 Å². The van der Waals surface area contributed by atoms with Crippen molar-refractivity contribution in [3.8, 4) is 33.8 Å². The predicted octanol–water partition coefficient (Wildman–Crippen LogP) is 11.4. The minimum Gasteiger partial charge on any atom is -0.496 e. The van der Waals surface area contributed by atoms with Crippen LogP contribution in [-0.4, -0.2) is 19.3 Å². The second-order valence-electron chi connectivity index (χ2n) is 11.3. The van der Waals surface area contributed by atoms with E-state index in [1.165, 1.54) is 25.3 Å². The van der Waals surface area contributed by atoms with Crippen LogP contribution in [0.25, 0.3) is 22.3 Å². The zero-order chi connectivity index (χ0) is 34.4. The van der Waals surface area contributed by atoms with E-state index in [1.807, 2.05) is 44.2 Å². The predicted molar refractivity (Wildman–Crippen MR) is 174 cm³/mol. The van der Waals surface area contributed by atoms with E-state index in [4.69, 9.17) is 9.47 Å². The Morgan fingerprint density at radius 2 is 0.978 bits per heavy atom. The minimum atomic E-state index is -4.44. The number of hydrogen-bond acceptors (Lipinski definition) is 3. The highest BCUT2D eigenvalue weighted by molar-refractivity contribution is 9.08. The van der Waals surface area contributed by atoms with Crippen LogP contribution >= 0.6 is 15.9 Å². The molecule has 248 valence electrons. The summed E-state index contributed by atoms with van der Waals surface area (Å²) >= 11 is 3.29. The topological polar surface area (TPSA) is 38.7 Å². The van der Waals surface area contributed by atoms with Crippen molar-refractivity contribution in [1.82, 2.24) is 0 Å². The minimum absolute atomic E-state index is 0.221. The lowest BCUT2D eigenvalue weighted by Gasteiger charge is -2.17. The Hall–Kier alpha value is -3.50. The summed E-state index contributed by atoms with van der Waals surface area (Å²) in [6, 6.07) is 18.6. The Labute approximate surface area is 274 Å². The van der Waals surface area contributed by atoms with Gasteiger partial charge in [-0.15, -0.1) is 0 Å². The van der Waals surface area contributed by atoms with Crippen LogP contribution in [-0.2, 0) is 24.3 Å². The smallest absolute Gasteiger partial charge is 0.416 e.